The fraction of sp³-hybridized carbons (Fsp3) is 0.636. The maximum Gasteiger partial charge on any atom is 0.321 e. The van der Waals surface area contributed by atoms with Crippen molar-refractivity contribution in [2.75, 3.05) is 13.7 Å². The Morgan fingerprint density at radius 1 is 1.35 bits per heavy atom. The second-order valence-electron chi connectivity index (χ2n) is 9.39. The fourth-order valence-corrected chi connectivity index (χ4v) is 5.18. The second-order valence-corrected chi connectivity index (χ2v) is 9.39. The lowest BCUT2D eigenvalue weighted by Gasteiger charge is -2.35. The first-order valence-electron chi connectivity index (χ1n) is 11.1. The van der Waals surface area contributed by atoms with Gasteiger partial charge in [0.2, 0.25) is 5.91 Å². The van der Waals surface area contributed by atoms with Gasteiger partial charge in [-0.3, -0.25) is 9.59 Å². The second kappa shape index (κ2) is 7.56. The van der Waals surface area contributed by atoms with Crippen molar-refractivity contribution < 1.29 is 19.4 Å². The molecule has 31 heavy (non-hydrogen) atoms. The average Bonchev–Trinajstić information content (AvgIpc) is 3.69. The highest BCUT2D eigenvalue weighted by Gasteiger charge is 2.51. The molecule has 5 rings (SSSR count). The summed E-state index contributed by atoms with van der Waals surface area (Å²) in [5.41, 5.74) is 7.19. The Morgan fingerprint density at radius 3 is 2.71 bits per heavy atom. The summed E-state index contributed by atoms with van der Waals surface area (Å²) < 4.78 is 6.59. The van der Waals surface area contributed by atoms with Crippen LogP contribution in [-0.4, -0.2) is 51.3 Å². The number of piperidine rings is 1. The Balaban J connectivity index is 1.43. The van der Waals surface area contributed by atoms with E-state index in [2.05, 4.69) is 10.4 Å². The van der Waals surface area contributed by atoms with Crippen LogP contribution in [0.2, 0.25) is 0 Å². The molecule has 0 spiro atoms. The van der Waals surface area contributed by atoms with Crippen molar-refractivity contribution in [2.24, 2.45) is 28.9 Å². The number of carbonyl (C=O) groups is 2. The van der Waals surface area contributed by atoms with E-state index in [-0.39, 0.29) is 25.4 Å². The van der Waals surface area contributed by atoms with Gasteiger partial charge in [-0.15, -0.1) is 0 Å². The lowest BCUT2D eigenvalue weighted by molar-refractivity contribution is -0.164. The Morgan fingerprint density at radius 2 is 2.06 bits per heavy atom. The van der Waals surface area contributed by atoms with Gasteiger partial charge in [0.25, 0.3) is 0 Å². The smallest absolute Gasteiger partial charge is 0.321 e. The molecule has 2 aliphatic carbocycles. The van der Waals surface area contributed by atoms with Gasteiger partial charge >= 0.3 is 5.97 Å². The van der Waals surface area contributed by atoms with Crippen LogP contribution in [0.4, 0.5) is 0 Å². The van der Waals surface area contributed by atoms with E-state index >= 15 is 0 Å². The topological polar surface area (TPSA) is 132 Å². The summed E-state index contributed by atoms with van der Waals surface area (Å²) in [6.45, 7) is 0.121. The van der Waals surface area contributed by atoms with Gasteiger partial charge in [-0.25, -0.2) is 9.50 Å². The molecule has 9 heteroatoms. The number of fused-ring (bicyclic) bond motifs is 1. The summed E-state index contributed by atoms with van der Waals surface area (Å²) in [5.74, 6) is 0.797. The number of β-amino-alcohol motifs (C(OH)–C–C–N with tert-alkyl or cyclic N) is 1. The number of nitrogens with zero attached hydrogens (tertiary/aromatic N) is 3. The molecule has 166 valence electrons. The number of aliphatic hydroxyl groups is 1. The van der Waals surface area contributed by atoms with Crippen LogP contribution in [0.1, 0.15) is 49.5 Å². The summed E-state index contributed by atoms with van der Waals surface area (Å²) in [6, 6.07) is 3.48. The molecule has 4 N–H and O–H groups in total. The van der Waals surface area contributed by atoms with E-state index in [1.54, 1.807) is 10.6 Å². The van der Waals surface area contributed by atoms with Crippen LogP contribution in [0.3, 0.4) is 0 Å². The number of amides is 1. The Bertz CT molecular complexity index is 992. The summed E-state index contributed by atoms with van der Waals surface area (Å²) in [6.07, 6.45) is 6.10. The largest absolute Gasteiger partial charge is 0.468 e. The molecule has 2 aromatic rings. The van der Waals surface area contributed by atoms with Crippen molar-refractivity contribution in [3.63, 3.8) is 0 Å². The van der Waals surface area contributed by atoms with E-state index in [0.717, 1.165) is 5.69 Å². The molecule has 1 aliphatic heterocycles. The Kier molecular flexibility index (Phi) is 4.97. The normalized spacial score (nSPS) is 27.4. The lowest BCUT2D eigenvalue weighted by Crippen LogP contribution is -2.57. The van der Waals surface area contributed by atoms with Gasteiger partial charge in [0.1, 0.15) is 0 Å². The number of nitrogens with two attached hydrogens (primary N) is 1. The zero-order valence-corrected chi connectivity index (χ0v) is 17.7. The van der Waals surface area contributed by atoms with Crippen LogP contribution < -0.4 is 11.1 Å². The van der Waals surface area contributed by atoms with Crippen molar-refractivity contribution in [1.29, 1.82) is 0 Å². The number of hydrogen-bond donors (Lipinski definition) is 3. The van der Waals surface area contributed by atoms with Gasteiger partial charge in [-0.1, -0.05) is 0 Å². The molecule has 0 bridgehead atoms. The number of aromatic nitrogens is 3. The third kappa shape index (κ3) is 3.70. The minimum atomic E-state index is -1.50. The number of rotatable bonds is 7. The van der Waals surface area contributed by atoms with E-state index in [1.807, 2.05) is 12.3 Å². The number of methoxy groups -OCH3 is 1. The molecule has 3 fully saturated rings. The third-order valence-electron chi connectivity index (χ3n) is 7.06. The Labute approximate surface area is 180 Å². The zero-order valence-electron chi connectivity index (χ0n) is 17.7. The van der Waals surface area contributed by atoms with E-state index in [9.17, 15) is 14.7 Å². The van der Waals surface area contributed by atoms with Crippen LogP contribution in [0.5, 0.6) is 0 Å². The number of ether oxygens (including phenoxy) is 1. The number of carbonyl (C=O) groups excluding carboxylic acids is 2. The molecule has 2 saturated carbocycles. The number of esters is 1. The monoisotopic (exact) mass is 427 g/mol. The quantitative estimate of drug-likeness (QED) is 0.439. The summed E-state index contributed by atoms with van der Waals surface area (Å²) in [4.78, 5) is 29.9. The molecule has 3 atom stereocenters. The van der Waals surface area contributed by atoms with Gasteiger partial charge in [-0.05, 0) is 55.6 Å². The molecule has 0 radical (unpaired) electrons. The maximum absolute atomic E-state index is 12.7. The van der Waals surface area contributed by atoms with Gasteiger partial charge in [0.05, 0.1) is 36.8 Å². The van der Waals surface area contributed by atoms with Crippen LogP contribution in [-0.2, 0) is 20.7 Å². The summed E-state index contributed by atoms with van der Waals surface area (Å²) >= 11 is 0. The molecule has 0 aromatic carbocycles. The highest BCUT2D eigenvalue weighted by molar-refractivity contribution is 6.03. The van der Waals surface area contributed by atoms with Crippen LogP contribution >= 0.6 is 0 Å². The lowest BCUT2D eigenvalue weighted by atomic mass is 9.75. The number of hydrogen-bond acceptors (Lipinski definition) is 7. The molecule has 3 heterocycles. The highest BCUT2D eigenvalue weighted by Crippen LogP contribution is 2.53. The molecule has 2 unspecified atom stereocenters. The summed E-state index contributed by atoms with van der Waals surface area (Å²) in [7, 11) is 1.24. The minimum absolute atomic E-state index is 0.00423. The first-order chi connectivity index (χ1) is 14.9. The van der Waals surface area contributed by atoms with Gasteiger partial charge in [-0.2, -0.15) is 5.10 Å². The van der Waals surface area contributed by atoms with Crippen molar-refractivity contribution in [1.82, 2.24) is 19.9 Å². The maximum atomic E-state index is 12.7. The number of imidazole rings is 1. The molecular weight excluding hydrogens is 398 g/mol. The number of aliphatic hydroxyl groups excluding tert-OH is 1. The zero-order chi connectivity index (χ0) is 21.8. The van der Waals surface area contributed by atoms with Crippen molar-refractivity contribution in [3.8, 4) is 0 Å². The van der Waals surface area contributed by atoms with Crippen molar-refractivity contribution in [2.45, 2.75) is 50.7 Å². The fourth-order valence-electron chi connectivity index (χ4n) is 5.18. The summed E-state index contributed by atoms with van der Waals surface area (Å²) in [5, 5.41) is 17.3. The van der Waals surface area contributed by atoms with E-state index in [1.165, 1.54) is 32.8 Å². The molecule has 1 saturated heterocycles. The molecule has 1 amide bonds. The van der Waals surface area contributed by atoms with Crippen LogP contribution in [0, 0.1) is 23.2 Å². The van der Waals surface area contributed by atoms with Gasteiger partial charge in [0, 0.05) is 19.4 Å². The number of nitrogens with one attached hydrogen (secondary N) is 1. The molecule has 9 nitrogen and oxygen atoms in total. The van der Waals surface area contributed by atoms with Crippen molar-refractivity contribution in [3.05, 3.63) is 29.7 Å². The highest BCUT2D eigenvalue weighted by atomic mass is 16.5. The molecular formula is C22H29N5O4. The SMILES string of the molecule is COC(=O)C1(Cc2ccc3nc([C@@H](N)C(C4CC4)C4CC4)cn3n2)CC(O)CNC1=O. The first kappa shape index (κ1) is 20.4. The first-order valence-corrected chi connectivity index (χ1v) is 11.1. The van der Waals surface area contributed by atoms with Gasteiger partial charge in [0.15, 0.2) is 11.1 Å². The average molecular weight is 428 g/mol. The third-order valence-corrected chi connectivity index (χ3v) is 7.06. The standard InChI is InChI=1S/C22H29N5O4/c1-31-21(30)22(9-15(28)10-24-20(22)29)8-14-6-7-17-25-16(11-27(17)26-14)19(23)18(12-2-3-12)13-4-5-13/h6-7,11-13,15,18-19,28H,2-5,8-10,23H2,1H3,(H,24,29)/t15?,19-,22?/m1/s1. The van der Waals surface area contributed by atoms with Crippen molar-refractivity contribution >= 4 is 17.5 Å². The van der Waals surface area contributed by atoms with Crippen LogP contribution in [0.25, 0.3) is 5.65 Å². The predicted molar refractivity (Wildman–Crippen MR) is 111 cm³/mol. The minimum Gasteiger partial charge on any atom is -0.468 e. The Hall–Kier alpha value is -2.52. The van der Waals surface area contributed by atoms with E-state index in [0.29, 0.717) is 29.1 Å². The molecule has 3 aliphatic rings. The molecule has 2 aromatic heterocycles. The van der Waals surface area contributed by atoms with Gasteiger partial charge < -0.3 is 20.9 Å². The predicted octanol–water partition coefficient (Wildman–Crippen LogP) is 0.748. The van der Waals surface area contributed by atoms with Crippen LogP contribution in [0.15, 0.2) is 18.3 Å². The van der Waals surface area contributed by atoms with E-state index < -0.39 is 23.4 Å². The van der Waals surface area contributed by atoms with E-state index in [4.69, 9.17) is 15.5 Å².